The van der Waals surface area contributed by atoms with E-state index in [0.717, 1.165) is 42.5 Å². The SMILES string of the molecule is OCC(Oc1ccc(C(F)(F)F)cc1)c1cccc(C(F)(F)F)c1. The minimum absolute atomic E-state index is 0.000498. The average Bonchev–Trinajstić information content (AvgIpc) is 2.51. The number of benzene rings is 2. The second-order valence-electron chi connectivity index (χ2n) is 4.93. The lowest BCUT2D eigenvalue weighted by molar-refractivity contribution is -0.138. The minimum Gasteiger partial charge on any atom is -0.483 e. The number of hydrogen-bond donors (Lipinski definition) is 1. The van der Waals surface area contributed by atoms with E-state index in [1.54, 1.807) is 0 Å². The van der Waals surface area contributed by atoms with Gasteiger partial charge in [-0.05, 0) is 42.0 Å². The van der Waals surface area contributed by atoms with Gasteiger partial charge in [-0.3, -0.25) is 0 Å². The van der Waals surface area contributed by atoms with Crippen LogP contribution in [0.15, 0.2) is 48.5 Å². The molecule has 0 fully saturated rings. The van der Waals surface area contributed by atoms with Crippen molar-refractivity contribution in [1.29, 1.82) is 0 Å². The van der Waals surface area contributed by atoms with E-state index >= 15 is 0 Å². The number of alkyl halides is 6. The molecule has 0 aromatic heterocycles. The predicted molar refractivity (Wildman–Crippen MR) is 73.3 cm³/mol. The molecule has 0 saturated carbocycles. The lowest BCUT2D eigenvalue weighted by Crippen LogP contribution is -2.14. The molecule has 1 atom stereocenters. The van der Waals surface area contributed by atoms with Crippen LogP contribution in [0.4, 0.5) is 26.3 Å². The summed E-state index contributed by atoms with van der Waals surface area (Å²) in [6, 6.07) is 7.85. The van der Waals surface area contributed by atoms with Gasteiger partial charge in [0, 0.05) is 0 Å². The van der Waals surface area contributed by atoms with Gasteiger partial charge in [-0.2, -0.15) is 26.3 Å². The quantitative estimate of drug-likeness (QED) is 0.800. The van der Waals surface area contributed by atoms with Crippen molar-refractivity contribution in [3.05, 3.63) is 65.2 Å². The number of hydrogen-bond acceptors (Lipinski definition) is 2. The van der Waals surface area contributed by atoms with E-state index in [9.17, 15) is 31.4 Å². The molecule has 0 heterocycles. The third-order valence-electron chi connectivity index (χ3n) is 3.21. The van der Waals surface area contributed by atoms with Gasteiger partial charge in [-0.1, -0.05) is 12.1 Å². The standard InChI is InChI=1S/C16H12F6O2/c17-15(18,19)11-4-6-13(7-5-11)24-14(9-23)10-2-1-3-12(8-10)16(20,21)22/h1-8,14,23H,9H2. The van der Waals surface area contributed by atoms with Crippen LogP contribution in [0.5, 0.6) is 5.75 Å². The maximum atomic E-state index is 12.7. The largest absolute Gasteiger partial charge is 0.483 e. The number of rotatable bonds is 4. The molecule has 2 aromatic rings. The first-order valence-corrected chi connectivity index (χ1v) is 6.73. The van der Waals surface area contributed by atoms with Crippen LogP contribution < -0.4 is 4.74 Å². The highest BCUT2D eigenvalue weighted by Gasteiger charge is 2.32. The van der Waals surface area contributed by atoms with Crippen molar-refractivity contribution >= 4 is 0 Å². The van der Waals surface area contributed by atoms with Crippen LogP contribution >= 0.6 is 0 Å². The molecule has 24 heavy (non-hydrogen) atoms. The Morgan fingerprint density at radius 2 is 1.42 bits per heavy atom. The van der Waals surface area contributed by atoms with Crippen molar-refractivity contribution in [2.75, 3.05) is 6.61 Å². The van der Waals surface area contributed by atoms with Crippen molar-refractivity contribution in [2.45, 2.75) is 18.5 Å². The normalized spacial score (nSPS) is 13.6. The zero-order chi connectivity index (χ0) is 18.0. The molecule has 8 heteroatoms. The second-order valence-corrected chi connectivity index (χ2v) is 4.93. The molecule has 0 amide bonds. The zero-order valence-corrected chi connectivity index (χ0v) is 12.0. The molecule has 0 bridgehead atoms. The van der Waals surface area contributed by atoms with Crippen LogP contribution in [-0.2, 0) is 12.4 Å². The van der Waals surface area contributed by atoms with Gasteiger partial charge in [0.1, 0.15) is 11.9 Å². The Morgan fingerprint density at radius 3 is 1.92 bits per heavy atom. The Hall–Kier alpha value is -2.22. The predicted octanol–water partition coefficient (Wildman–Crippen LogP) is 4.84. The fraction of sp³-hybridized carbons (Fsp3) is 0.250. The maximum absolute atomic E-state index is 12.7. The first-order valence-electron chi connectivity index (χ1n) is 6.73. The van der Waals surface area contributed by atoms with E-state index in [-0.39, 0.29) is 11.3 Å². The van der Waals surface area contributed by atoms with Crippen molar-refractivity contribution in [3.63, 3.8) is 0 Å². The minimum atomic E-state index is -4.55. The van der Waals surface area contributed by atoms with Gasteiger partial charge in [0.25, 0.3) is 0 Å². The monoisotopic (exact) mass is 350 g/mol. The molecule has 2 nitrogen and oxygen atoms in total. The van der Waals surface area contributed by atoms with Gasteiger partial charge in [-0.15, -0.1) is 0 Å². The van der Waals surface area contributed by atoms with Crippen molar-refractivity contribution in [3.8, 4) is 5.75 Å². The highest BCUT2D eigenvalue weighted by Crippen LogP contribution is 2.33. The Bertz CT molecular complexity index is 676. The molecular formula is C16H12F6O2. The third-order valence-corrected chi connectivity index (χ3v) is 3.21. The fourth-order valence-electron chi connectivity index (χ4n) is 2.01. The zero-order valence-electron chi connectivity index (χ0n) is 12.0. The van der Waals surface area contributed by atoms with Crippen LogP contribution in [0.2, 0.25) is 0 Å². The summed E-state index contributed by atoms with van der Waals surface area (Å²) in [4.78, 5) is 0. The molecule has 0 aliphatic carbocycles. The van der Waals surface area contributed by atoms with Gasteiger partial charge in [0.2, 0.25) is 0 Å². The van der Waals surface area contributed by atoms with E-state index in [0.29, 0.717) is 0 Å². The summed E-state index contributed by atoms with van der Waals surface area (Å²) in [5.41, 5.74) is -1.73. The molecule has 0 aliphatic heterocycles. The van der Waals surface area contributed by atoms with Crippen molar-refractivity contribution in [1.82, 2.24) is 0 Å². The van der Waals surface area contributed by atoms with E-state index < -0.39 is 36.2 Å². The molecule has 1 N–H and O–H groups in total. The van der Waals surface area contributed by atoms with E-state index in [1.807, 2.05) is 0 Å². The highest BCUT2D eigenvalue weighted by atomic mass is 19.4. The van der Waals surface area contributed by atoms with E-state index in [4.69, 9.17) is 4.74 Å². The molecule has 2 aromatic carbocycles. The first-order chi connectivity index (χ1) is 11.1. The van der Waals surface area contributed by atoms with Gasteiger partial charge in [0.05, 0.1) is 17.7 Å². The van der Waals surface area contributed by atoms with Gasteiger partial charge < -0.3 is 9.84 Å². The second kappa shape index (κ2) is 6.72. The number of halogens is 6. The Labute approximate surface area is 133 Å². The average molecular weight is 350 g/mol. The summed E-state index contributed by atoms with van der Waals surface area (Å²) in [6.45, 7) is -0.637. The highest BCUT2D eigenvalue weighted by molar-refractivity contribution is 5.31. The molecule has 0 radical (unpaired) electrons. The van der Waals surface area contributed by atoms with Crippen LogP contribution in [0.3, 0.4) is 0 Å². The van der Waals surface area contributed by atoms with Gasteiger partial charge >= 0.3 is 12.4 Å². The summed E-state index contributed by atoms with van der Waals surface area (Å²) in [7, 11) is 0. The molecule has 130 valence electrons. The lowest BCUT2D eigenvalue weighted by Gasteiger charge is -2.19. The van der Waals surface area contributed by atoms with Crippen LogP contribution in [-0.4, -0.2) is 11.7 Å². The van der Waals surface area contributed by atoms with Gasteiger partial charge in [-0.25, -0.2) is 0 Å². The smallest absolute Gasteiger partial charge is 0.416 e. The lowest BCUT2D eigenvalue weighted by atomic mass is 10.1. The van der Waals surface area contributed by atoms with E-state index in [1.165, 1.54) is 6.07 Å². The Morgan fingerprint density at radius 1 is 0.833 bits per heavy atom. The topological polar surface area (TPSA) is 29.5 Å². The van der Waals surface area contributed by atoms with Gasteiger partial charge in [0.15, 0.2) is 0 Å². The summed E-state index contributed by atoms with van der Waals surface area (Å²) in [5.74, 6) is -0.000498. The number of aliphatic hydroxyl groups excluding tert-OH is 1. The van der Waals surface area contributed by atoms with Crippen molar-refractivity contribution < 1.29 is 36.2 Å². The molecule has 2 rings (SSSR count). The Balaban J connectivity index is 2.21. The molecule has 0 spiro atoms. The maximum Gasteiger partial charge on any atom is 0.416 e. The number of aliphatic hydroxyl groups is 1. The summed E-state index contributed by atoms with van der Waals surface area (Å²) < 4.78 is 80.9. The first kappa shape index (κ1) is 18.1. The van der Waals surface area contributed by atoms with E-state index in [2.05, 4.69) is 0 Å². The molecular weight excluding hydrogens is 338 g/mol. The van der Waals surface area contributed by atoms with Crippen LogP contribution in [0, 0.1) is 0 Å². The molecule has 0 saturated heterocycles. The summed E-state index contributed by atoms with van der Waals surface area (Å²) in [5, 5.41) is 9.33. The molecule has 0 aliphatic rings. The Kier molecular flexibility index (Phi) is 5.08. The molecule has 1 unspecified atom stereocenters. The number of ether oxygens (including phenoxy) is 1. The fourth-order valence-corrected chi connectivity index (χ4v) is 2.01. The summed E-state index contributed by atoms with van der Waals surface area (Å²) in [6.07, 6.45) is -10.2. The van der Waals surface area contributed by atoms with Crippen molar-refractivity contribution in [2.24, 2.45) is 0 Å². The van der Waals surface area contributed by atoms with Crippen LogP contribution in [0.1, 0.15) is 22.8 Å². The summed E-state index contributed by atoms with van der Waals surface area (Å²) >= 11 is 0. The third kappa shape index (κ3) is 4.41. The van der Waals surface area contributed by atoms with Crippen LogP contribution in [0.25, 0.3) is 0 Å².